The van der Waals surface area contributed by atoms with Gasteiger partial charge >= 0.3 is 0 Å². The largest absolute Gasteiger partial charge is 0.384 e. The minimum absolute atomic E-state index is 0.0289. The van der Waals surface area contributed by atoms with E-state index in [1.54, 1.807) is 19.2 Å². The van der Waals surface area contributed by atoms with Crippen LogP contribution in [0, 0.1) is 10.1 Å². The molecule has 0 fully saturated rings. The number of benzene rings is 1. The number of nitro groups is 1. The maximum Gasteiger partial charge on any atom is 0.283 e. The van der Waals surface area contributed by atoms with Gasteiger partial charge in [0.05, 0.1) is 16.4 Å². The Bertz CT molecular complexity index is 433. The molecule has 0 unspecified atom stereocenters. The van der Waals surface area contributed by atoms with Crippen molar-refractivity contribution in [2.75, 3.05) is 19.5 Å². The number of carbonyl (C=O) groups excluding carboxylic acids is 1. The Morgan fingerprint density at radius 3 is 2.76 bits per heavy atom. The van der Waals surface area contributed by atoms with E-state index in [1.165, 1.54) is 24.8 Å². The number of ketones is 1. The van der Waals surface area contributed by atoms with Crippen LogP contribution in [0.5, 0.6) is 0 Å². The molecule has 0 saturated carbocycles. The van der Waals surface area contributed by atoms with E-state index < -0.39 is 4.92 Å². The van der Waals surface area contributed by atoms with E-state index in [1.807, 2.05) is 0 Å². The van der Waals surface area contributed by atoms with Crippen LogP contribution in [0.15, 0.2) is 23.1 Å². The van der Waals surface area contributed by atoms with Gasteiger partial charge in [-0.15, -0.1) is 11.8 Å². The summed E-state index contributed by atoms with van der Waals surface area (Å²) in [5.41, 5.74) is 0.326. The van der Waals surface area contributed by atoms with E-state index >= 15 is 0 Å². The summed E-state index contributed by atoms with van der Waals surface area (Å²) in [6.45, 7) is 1.91. The molecule has 0 spiro atoms. The van der Waals surface area contributed by atoms with Crippen LogP contribution in [-0.2, 0) is 4.74 Å². The number of nitrogens with zero attached hydrogens (tertiary/aromatic N) is 1. The molecule has 92 valence electrons. The highest BCUT2D eigenvalue weighted by molar-refractivity contribution is 7.99. The maximum absolute atomic E-state index is 11.1. The fraction of sp³-hybridized carbons (Fsp3) is 0.364. The van der Waals surface area contributed by atoms with Crippen LogP contribution in [-0.4, -0.2) is 30.2 Å². The van der Waals surface area contributed by atoms with Crippen LogP contribution in [0.1, 0.15) is 17.3 Å². The third kappa shape index (κ3) is 3.83. The number of carbonyl (C=O) groups is 1. The summed E-state index contributed by atoms with van der Waals surface area (Å²) in [6.07, 6.45) is 0. The zero-order chi connectivity index (χ0) is 12.8. The van der Waals surface area contributed by atoms with Gasteiger partial charge in [-0.05, 0) is 19.1 Å². The summed E-state index contributed by atoms with van der Waals surface area (Å²) >= 11 is 1.34. The Labute approximate surface area is 103 Å². The fourth-order valence-corrected chi connectivity index (χ4v) is 2.15. The number of hydrogen-bond acceptors (Lipinski definition) is 5. The highest BCUT2D eigenvalue weighted by Crippen LogP contribution is 2.30. The molecule has 6 heteroatoms. The Morgan fingerprint density at radius 1 is 1.53 bits per heavy atom. The lowest BCUT2D eigenvalue weighted by molar-refractivity contribution is -0.387. The van der Waals surface area contributed by atoms with E-state index in [-0.39, 0.29) is 11.5 Å². The van der Waals surface area contributed by atoms with Crippen LogP contribution in [0.3, 0.4) is 0 Å². The van der Waals surface area contributed by atoms with Crippen molar-refractivity contribution in [1.29, 1.82) is 0 Å². The SMILES string of the molecule is COCCSc1ccc(C(C)=O)cc1[N+](=O)[O-]. The van der Waals surface area contributed by atoms with Crippen molar-refractivity contribution in [3.05, 3.63) is 33.9 Å². The monoisotopic (exact) mass is 255 g/mol. The maximum atomic E-state index is 11.1. The third-order valence-corrected chi connectivity index (χ3v) is 3.13. The Kier molecular flexibility index (Phi) is 5.11. The van der Waals surface area contributed by atoms with Crippen molar-refractivity contribution in [2.24, 2.45) is 0 Å². The van der Waals surface area contributed by atoms with Gasteiger partial charge in [0.1, 0.15) is 0 Å². The molecule has 5 nitrogen and oxygen atoms in total. The number of ether oxygens (including phenoxy) is 1. The number of rotatable bonds is 6. The lowest BCUT2D eigenvalue weighted by Gasteiger charge is -2.04. The second kappa shape index (κ2) is 6.36. The predicted octanol–water partition coefficient (Wildman–Crippen LogP) is 2.54. The molecule has 0 heterocycles. The van der Waals surface area contributed by atoms with Crippen LogP contribution in [0.25, 0.3) is 0 Å². The molecular formula is C11H13NO4S. The molecule has 0 saturated heterocycles. The minimum Gasteiger partial charge on any atom is -0.384 e. The van der Waals surface area contributed by atoms with Crippen LogP contribution >= 0.6 is 11.8 Å². The summed E-state index contributed by atoms with van der Waals surface area (Å²) in [7, 11) is 1.58. The summed E-state index contributed by atoms with van der Waals surface area (Å²) in [4.78, 5) is 22.1. The third-order valence-electron chi connectivity index (χ3n) is 2.11. The molecule has 1 aromatic rings. The van der Waals surface area contributed by atoms with Crippen LogP contribution in [0.4, 0.5) is 5.69 Å². The second-order valence-corrected chi connectivity index (χ2v) is 4.47. The first kappa shape index (κ1) is 13.7. The number of Topliss-reactive ketones (excluding diaryl/α,β-unsaturated/α-hetero) is 1. The van der Waals surface area contributed by atoms with Crippen molar-refractivity contribution in [3.63, 3.8) is 0 Å². The molecule has 0 aliphatic carbocycles. The van der Waals surface area contributed by atoms with Gasteiger partial charge in [0.2, 0.25) is 0 Å². The predicted molar refractivity (Wildman–Crippen MR) is 65.7 cm³/mol. The van der Waals surface area contributed by atoms with Crippen molar-refractivity contribution < 1.29 is 14.5 Å². The second-order valence-electron chi connectivity index (χ2n) is 3.34. The van der Waals surface area contributed by atoms with Gasteiger partial charge in [-0.2, -0.15) is 0 Å². The number of thioether (sulfide) groups is 1. The van der Waals surface area contributed by atoms with E-state index in [0.717, 1.165) is 0 Å². The molecule has 0 N–H and O–H groups in total. The lowest BCUT2D eigenvalue weighted by atomic mass is 10.1. The van der Waals surface area contributed by atoms with Gasteiger partial charge in [-0.3, -0.25) is 14.9 Å². The summed E-state index contributed by atoms with van der Waals surface area (Å²) in [5, 5.41) is 10.9. The molecule has 0 aliphatic rings. The summed E-state index contributed by atoms with van der Waals surface area (Å²) in [5.74, 6) is 0.457. The smallest absolute Gasteiger partial charge is 0.283 e. The summed E-state index contributed by atoms with van der Waals surface area (Å²) < 4.78 is 4.88. The molecule has 0 bridgehead atoms. The van der Waals surface area contributed by atoms with E-state index in [2.05, 4.69) is 0 Å². The summed E-state index contributed by atoms with van der Waals surface area (Å²) in [6, 6.07) is 4.52. The highest BCUT2D eigenvalue weighted by atomic mass is 32.2. The van der Waals surface area contributed by atoms with Crippen molar-refractivity contribution in [1.82, 2.24) is 0 Å². The van der Waals surface area contributed by atoms with Gasteiger partial charge in [-0.25, -0.2) is 0 Å². The van der Waals surface area contributed by atoms with E-state index in [0.29, 0.717) is 22.8 Å². The molecule has 1 aromatic carbocycles. The van der Waals surface area contributed by atoms with Crippen LogP contribution in [0.2, 0.25) is 0 Å². The Balaban J connectivity index is 2.96. The first-order valence-electron chi connectivity index (χ1n) is 4.97. The minimum atomic E-state index is -0.471. The van der Waals surface area contributed by atoms with Gasteiger partial charge < -0.3 is 4.74 Å². The van der Waals surface area contributed by atoms with Gasteiger partial charge in [0, 0.05) is 24.5 Å². The van der Waals surface area contributed by atoms with Gasteiger partial charge in [-0.1, -0.05) is 0 Å². The number of methoxy groups -OCH3 is 1. The van der Waals surface area contributed by atoms with Crippen LogP contribution < -0.4 is 0 Å². The van der Waals surface area contributed by atoms with Crippen molar-refractivity contribution >= 4 is 23.2 Å². The molecular weight excluding hydrogens is 242 g/mol. The quantitative estimate of drug-likeness (QED) is 0.257. The molecule has 17 heavy (non-hydrogen) atoms. The molecule has 0 amide bonds. The fourth-order valence-electron chi connectivity index (χ4n) is 1.24. The normalized spacial score (nSPS) is 10.2. The average Bonchev–Trinajstić information content (AvgIpc) is 2.29. The molecule has 0 atom stereocenters. The zero-order valence-corrected chi connectivity index (χ0v) is 10.5. The first-order chi connectivity index (χ1) is 8.06. The molecule has 1 rings (SSSR count). The highest BCUT2D eigenvalue weighted by Gasteiger charge is 2.16. The lowest BCUT2D eigenvalue weighted by Crippen LogP contribution is -1.98. The van der Waals surface area contributed by atoms with E-state index in [9.17, 15) is 14.9 Å². The van der Waals surface area contributed by atoms with Gasteiger partial charge in [0.25, 0.3) is 5.69 Å². The Hall–Kier alpha value is -1.40. The zero-order valence-electron chi connectivity index (χ0n) is 9.63. The standard InChI is InChI=1S/C11H13NO4S/c1-8(13)9-3-4-11(17-6-5-16-2)10(7-9)12(14)15/h3-4,7H,5-6H2,1-2H3. The van der Waals surface area contributed by atoms with E-state index in [4.69, 9.17) is 4.74 Å². The molecule has 0 aromatic heterocycles. The topological polar surface area (TPSA) is 69.4 Å². The van der Waals surface area contributed by atoms with Crippen molar-refractivity contribution in [3.8, 4) is 0 Å². The molecule has 0 radical (unpaired) electrons. The Morgan fingerprint density at radius 2 is 2.24 bits per heavy atom. The molecule has 0 aliphatic heterocycles. The first-order valence-corrected chi connectivity index (χ1v) is 5.96. The number of nitro benzene ring substituents is 1. The average molecular weight is 255 g/mol. The number of hydrogen-bond donors (Lipinski definition) is 0. The van der Waals surface area contributed by atoms with Crippen molar-refractivity contribution in [2.45, 2.75) is 11.8 Å². The van der Waals surface area contributed by atoms with Gasteiger partial charge in [0.15, 0.2) is 5.78 Å².